The summed E-state index contributed by atoms with van der Waals surface area (Å²) < 4.78 is 10.6. The lowest BCUT2D eigenvalue weighted by Crippen LogP contribution is -2.43. The Morgan fingerprint density at radius 3 is 2.62 bits per heavy atom. The Hall–Kier alpha value is -1.40. The Kier molecular flexibility index (Phi) is 6.84. The number of anilines is 1. The fraction of sp³-hybridized carbons (Fsp3) is 0.733. The highest BCUT2D eigenvalue weighted by Crippen LogP contribution is 2.21. The molecule has 21 heavy (non-hydrogen) atoms. The Balaban J connectivity index is 2.80. The summed E-state index contributed by atoms with van der Waals surface area (Å²) in [5.41, 5.74) is 1.69. The molecule has 1 heterocycles. The molecule has 0 aliphatic carbocycles. The highest BCUT2D eigenvalue weighted by Gasteiger charge is 2.26. The molecule has 1 aromatic heterocycles. The molecule has 0 aromatic carbocycles. The molecule has 6 nitrogen and oxygen atoms in total. The van der Waals surface area contributed by atoms with Crippen LogP contribution >= 0.6 is 0 Å². The fourth-order valence-electron chi connectivity index (χ4n) is 2.42. The van der Waals surface area contributed by atoms with Crippen LogP contribution in [-0.4, -0.2) is 49.3 Å². The minimum atomic E-state index is -0.213. The van der Waals surface area contributed by atoms with Crippen LogP contribution in [0.2, 0.25) is 0 Å². The molecule has 0 saturated heterocycles. The third kappa shape index (κ3) is 4.82. The zero-order chi connectivity index (χ0) is 16.0. The van der Waals surface area contributed by atoms with Crippen LogP contribution in [0, 0.1) is 12.8 Å². The van der Waals surface area contributed by atoms with Gasteiger partial charge in [0.2, 0.25) is 11.8 Å². The number of ether oxygens (including phenoxy) is 1. The van der Waals surface area contributed by atoms with E-state index in [1.165, 1.54) is 0 Å². The van der Waals surface area contributed by atoms with E-state index in [9.17, 15) is 4.79 Å². The largest absolute Gasteiger partial charge is 0.381 e. The standard InChI is InChI=1S/C15H27N3O3/c1-7-20-9-8-12-11(4)17-21-15(12)16-14(19)13(10(2)3)18(5)6/h10,13H,7-9H2,1-6H3,(H,16,19). The van der Waals surface area contributed by atoms with Gasteiger partial charge in [-0.2, -0.15) is 0 Å². The van der Waals surface area contributed by atoms with Crippen LogP contribution in [0.5, 0.6) is 0 Å². The summed E-state index contributed by atoms with van der Waals surface area (Å²) >= 11 is 0. The summed E-state index contributed by atoms with van der Waals surface area (Å²) in [7, 11) is 3.79. The molecule has 120 valence electrons. The minimum absolute atomic E-state index is 0.0798. The smallest absolute Gasteiger partial charge is 0.244 e. The highest BCUT2D eigenvalue weighted by molar-refractivity contribution is 5.94. The molecule has 0 spiro atoms. The van der Waals surface area contributed by atoms with E-state index in [4.69, 9.17) is 9.26 Å². The van der Waals surface area contributed by atoms with Gasteiger partial charge in [0, 0.05) is 18.6 Å². The van der Waals surface area contributed by atoms with Gasteiger partial charge in [-0.1, -0.05) is 19.0 Å². The first-order valence-corrected chi connectivity index (χ1v) is 7.38. The average Bonchev–Trinajstić information content (AvgIpc) is 2.70. The van der Waals surface area contributed by atoms with E-state index in [0.717, 1.165) is 11.3 Å². The van der Waals surface area contributed by atoms with Crippen LogP contribution in [0.4, 0.5) is 5.88 Å². The Morgan fingerprint density at radius 2 is 2.10 bits per heavy atom. The first-order chi connectivity index (χ1) is 9.88. The Morgan fingerprint density at radius 1 is 1.43 bits per heavy atom. The second-order valence-electron chi connectivity index (χ2n) is 5.66. The first kappa shape index (κ1) is 17.7. The summed E-state index contributed by atoms with van der Waals surface area (Å²) in [6.45, 7) is 9.11. The zero-order valence-electron chi connectivity index (χ0n) is 13.9. The zero-order valence-corrected chi connectivity index (χ0v) is 13.9. The van der Waals surface area contributed by atoms with Crippen LogP contribution in [0.1, 0.15) is 32.0 Å². The van der Waals surface area contributed by atoms with Gasteiger partial charge in [0.05, 0.1) is 18.3 Å². The van der Waals surface area contributed by atoms with E-state index in [1.807, 2.05) is 46.7 Å². The van der Waals surface area contributed by atoms with E-state index in [1.54, 1.807) is 0 Å². The molecule has 1 aromatic rings. The van der Waals surface area contributed by atoms with Gasteiger partial charge in [-0.05, 0) is 33.9 Å². The number of hydrogen-bond donors (Lipinski definition) is 1. The highest BCUT2D eigenvalue weighted by atomic mass is 16.5. The van der Waals surface area contributed by atoms with Gasteiger partial charge in [-0.15, -0.1) is 0 Å². The minimum Gasteiger partial charge on any atom is -0.381 e. The molecular weight excluding hydrogens is 270 g/mol. The predicted molar refractivity (Wildman–Crippen MR) is 82.4 cm³/mol. The van der Waals surface area contributed by atoms with Crippen LogP contribution in [0.25, 0.3) is 0 Å². The van der Waals surface area contributed by atoms with Crippen molar-refractivity contribution in [3.05, 3.63) is 11.3 Å². The van der Waals surface area contributed by atoms with Gasteiger partial charge in [0.1, 0.15) is 0 Å². The van der Waals surface area contributed by atoms with E-state index >= 15 is 0 Å². The van der Waals surface area contributed by atoms with Gasteiger partial charge in [-0.3, -0.25) is 15.0 Å². The Labute approximate surface area is 126 Å². The SMILES string of the molecule is CCOCCc1c(C)noc1NC(=O)C(C(C)C)N(C)C. The van der Waals surface area contributed by atoms with Crippen molar-refractivity contribution in [2.24, 2.45) is 5.92 Å². The summed E-state index contributed by atoms with van der Waals surface area (Å²) in [4.78, 5) is 14.3. The number of carbonyl (C=O) groups is 1. The van der Waals surface area contributed by atoms with Crippen molar-refractivity contribution in [3.63, 3.8) is 0 Å². The molecule has 0 radical (unpaired) electrons. The van der Waals surface area contributed by atoms with E-state index < -0.39 is 0 Å². The van der Waals surface area contributed by atoms with Crippen LogP contribution in [-0.2, 0) is 16.0 Å². The number of rotatable bonds is 8. The summed E-state index contributed by atoms with van der Waals surface area (Å²) in [5, 5.41) is 6.79. The van der Waals surface area contributed by atoms with Crippen molar-refractivity contribution < 1.29 is 14.1 Å². The van der Waals surface area contributed by atoms with Crippen molar-refractivity contribution in [3.8, 4) is 0 Å². The van der Waals surface area contributed by atoms with Crippen LogP contribution < -0.4 is 5.32 Å². The number of carbonyl (C=O) groups excluding carboxylic acids is 1. The van der Waals surface area contributed by atoms with Gasteiger partial charge < -0.3 is 9.26 Å². The molecule has 0 saturated carbocycles. The third-order valence-electron chi connectivity index (χ3n) is 3.38. The maximum absolute atomic E-state index is 12.4. The number of likely N-dealkylation sites (N-methyl/N-ethyl adjacent to an activating group) is 1. The number of aromatic nitrogens is 1. The van der Waals surface area contributed by atoms with Gasteiger partial charge in [0.25, 0.3) is 0 Å². The molecule has 1 unspecified atom stereocenters. The maximum atomic E-state index is 12.4. The molecular formula is C15H27N3O3. The van der Waals surface area contributed by atoms with Gasteiger partial charge in [-0.25, -0.2) is 0 Å². The van der Waals surface area contributed by atoms with Crippen molar-refractivity contribution in [2.75, 3.05) is 32.6 Å². The van der Waals surface area contributed by atoms with Crippen molar-refractivity contribution >= 4 is 11.8 Å². The van der Waals surface area contributed by atoms with Crippen LogP contribution in [0.3, 0.4) is 0 Å². The molecule has 1 amide bonds. The summed E-state index contributed by atoms with van der Waals surface area (Å²) in [6.07, 6.45) is 0.674. The molecule has 0 bridgehead atoms. The molecule has 0 aliphatic heterocycles. The lowest BCUT2D eigenvalue weighted by molar-refractivity contribution is -0.121. The Bertz CT molecular complexity index is 447. The first-order valence-electron chi connectivity index (χ1n) is 7.38. The number of nitrogens with one attached hydrogen (secondary N) is 1. The van der Waals surface area contributed by atoms with Gasteiger partial charge >= 0.3 is 0 Å². The molecule has 1 N–H and O–H groups in total. The lowest BCUT2D eigenvalue weighted by atomic mass is 10.0. The number of aryl methyl sites for hydroxylation is 1. The lowest BCUT2D eigenvalue weighted by Gasteiger charge is -2.26. The second kappa shape index (κ2) is 8.14. The quantitative estimate of drug-likeness (QED) is 0.744. The molecule has 0 fully saturated rings. The second-order valence-corrected chi connectivity index (χ2v) is 5.66. The monoisotopic (exact) mass is 297 g/mol. The van der Waals surface area contributed by atoms with Crippen molar-refractivity contribution in [1.82, 2.24) is 10.1 Å². The van der Waals surface area contributed by atoms with Gasteiger partial charge in [0.15, 0.2) is 0 Å². The van der Waals surface area contributed by atoms with E-state index in [2.05, 4.69) is 10.5 Å². The maximum Gasteiger partial charge on any atom is 0.244 e. The molecule has 0 aliphatic rings. The average molecular weight is 297 g/mol. The predicted octanol–water partition coefficient (Wildman–Crippen LogP) is 2.09. The molecule has 1 atom stereocenters. The van der Waals surface area contributed by atoms with E-state index in [-0.39, 0.29) is 17.9 Å². The normalized spacial score (nSPS) is 13.0. The number of hydrogen-bond acceptors (Lipinski definition) is 5. The van der Waals surface area contributed by atoms with Crippen LogP contribution in [0.15, 0.2) is 4.52 Å². The van der Waals surface area contributed by atoms with Crippen molar-refractivity contribution in [2.45, 2.75) is 40.2 Å². The number of nitrogens with zero attached hydrogens (tertiary/aromatic N) is 2. The third-order valence-corrected chi connectivity index (χ3v) is 3.38. The molecule has 1 rings (SSSR count). The fourth-order valence-corrected chi connectivity index (χ4v) is 2.42. The summed E-state index contributed by atoms with van der Waals surface area (Å²) in [5.74, 6) is 0.560. The molecule has 6 heteroatoms. The van der Waals surface area contributed by atoms with E-state index in [0.29, 0.717) is 25.5 Å². The topological polar surface area (TPSA) is 67.6 Å². The summed E-state index contributed by atoms with van der Waals surface area (Å²) in [6, 6.07) is -0.213. The number of amides is 1. The van der Waals surface area contributed by atoms with Crippen molar-refractivity contribution in [1.29, 1.82) is 0 Å².